The first kappa shape index (κ1) is 41.9. The van der Waals surface area contributed by atoms with Crippen LogP contribution in [0.4, 0.5) is 0 Å². The van der Waals surface area contributed by atoms with Crippen LogP contribution in [0.5, 0.6) is 0 Å². The third-order valence-electron chi connectivity index (χ3n) is 8.83. The number of carbonyl (C=O) groups is 4. The lowest BCUT2D eigenvalue weighted by Gasteiger charge is -2.31. The van der Waals surface area contributed by atoms with Crippen molar-refractivity contribution in [3.8, 4) is 0 Å². The molecule has 0 aliphatic heterocycles. The summed E-state index contributed by atoms with van der Waals surface area (Å²) in [6, 6.07) is 26.3. The molecule has 52 heavy (non-hydrogen) atoms. The van der Waals surface area contributed by atoms with Crippen molar-refractivity contribution < 1.29 is 43.2 Å². The molecule has 282 valence electrons. The molecule has 0 aliphatic rings. The van der Waals surface area contributed by atoms with Crippen LogP contribution in [0.1, 0.15) is 120 Å². The van der Waals surface area contributed by atoms with Gasteiger partial charge in [-0.25, -0.2) is 9.59 Å². The molecule has 9 heteroatoms. The summed E-state index contributed by atoms with van der Waals surface area (Å²) >= 11 is 0. The molecule has 0 radical (unpaired) electrons. The monoisotopic (exact) mass is 716 g/mol. The van der Waals surface area contributed by atoms with E-state index < -0.39 is 42.0 Å². The van der Waals surface area contributed by atoms with E-state index in [4.69, 9.17) is 18.9 Å². The third-order valence-corrected chi connectivity index (χ3v) is 8.83. The smallest absolute Gasteiger partial charge is 0.351 e. The van der Waals surface area contributed by atoms with Crippen LogP contribution in [0, 0.1) is 0 Å². The number of hydrogen-bond donors (Lipinski definition) is 1. The topological polar surface area (TPSA) is 125 Å². The molecular weight excluding hydrogens is 660 g/mol. The van der Waals surface area contributed by atoms with E-state index in [9.17, 15) is 24.3 Å². The maximum absolute atomic E-state index is 13.7. The van der Waals surface area contributed by atoms with Crippen LogP contribution in [0.2, 0.25) is 0 Å². The number of ether oxygens (including phenoxy) is 4. The molecule has 0 saturated carbocycles. The number of esters is 4. The normalized spacial score (nSPS) is 12.7. The second kappa shape index (κ2) is 24.6. The van der Waals surface area contributed by atoms with Crippen molar-refractivity contribution in [1.82, 2.24) is 0 Å². The molecule has 0 fully saturated rings. The summed E-state index contributed by atoms with van der Waals surface area (Å²) in [5.74, 6) is -4.34. The van der Waals surface area contributed by atoms with Crippen LogP contribution in [0.3, 0.4) is 0 Å². The van der Waals surface area contributed by atoms with Gasteiger partial charge in [0, 0.05) is 6.42 Å². The Balaban J connectivity index is 1.65. The average molecular weight is 717 g/mol. The number of unbranched alkanes of at least 4 members (excludes halogenated alkanes) is 12. The van der Waals surface area contributed by atoms with Gasteiger partial charge < -0.3 is 24.1 Å². The highest BCUT2D eigenvalue weighted by molar-refractivity contribution is 5.94. The molecule has 2 unspecified atom stereocenters. The van der Waals surface area contributed by atoms with Crippen LogP contribution in [-0.2, 0) is 57.9 Å². The first-order chi connectivity index (χ1) is 25.3. The van der Waals surface area contributed by atoms with Gasteiger partial charge in [-0.3, -0.25) is 9.59 Å². The Morgan fingerprint density at radius 2 is 0.942 bits per heavy atom. The van der Waals surface area contributed by atoms with Crippen molar-refractivity contribution in [2.75, 3.05) is 0 Å². The molecule has 0 aromatic heterocycles. The molecule has 3 aromatic rings. The Hall–Kier alpha value is -4.50. The number of aliphatic hydroxyl groups is 1. The van der Waals surface area contributed by atoms with Crippen LogP contribution in [0.15, 0.2) is 91.0 Å². The van der Waals surface area contributed by atoms with E-state index in [1.54, 1.807) is 84.9 Å². The van der Waals surface area contributed by atoms with Crippen LogP contribution >= 0.6 is 0 Å². The van der Waals surface area contributed by atoms with E-state index >= 15 is 0 Å². The Morgan fingerprint density at radius 1 is 0.538 bits per heavy atom. The molecule has 9 nitrogen and oxygen atoms in total. The maximum Gasteiger partial charge on any atom is 0.351 e. The summed E-state index contributed by atoms with van der Waals surface area (Å²) in [6.07, 6.45) is 11.4. The summed E-state index contributed by atoms with van der Waals surface area (Å²) in [4.78, 5) is 53.6. The molecule has 0 spiro atoms. The summed E-state index contributed by atoms with van der Waals surface area (Å²) < 4.78 is 21.8. The average Bonchev–Trinajstić information content (AvgIpc) is 3.17. The van der Waals surface area contributed by atoms with E-state index in [1.165, 1.54) is 51.4 Å². The van der Waals surface area contributed by atoms with Crippen LogP contribution in [-0.4, -0.2) is 40.7 Å². The lowest BCUT2D eigenvalue weighted by atomic mass is 9.92. The second-order valence-corrected chi connectivity index (χ2v) is 13.3. The number of benzene rings is 3. The zero-order valence-corrected chi connectivity index (χ0v) is 30.7. The summed E-state index contributed by atoms with van der Waals surface area (Å²) in [5.41, 5.74) is -1.03. The third kappa shape index (κ3) is 16.2. The van der Waals surface area contributed by atoms with Crippen molar-refractivity contribution in [2.24, 2.45) is 0 Å². The van der Waals surface area contributed by atoms with Gasteiger partial charge in [0.15, 0.2) is 0 Å². The zero-order valence-electron chi connectivity index (χ0n) is 30.7. The van der Waals surface area contributed by atoms with Gasteiger partial charge in [-0.15, -0.1) is 0 Å². The lowest BCUT2D eigenvalue weighted by Crippen LogP contribution is -2.57. The summed E-state index contributed by atoms with van der Waals surface area (Å²) in [7, 11) is 0. The Bertz CT molecular complexity index is 1450. The van der Waals surface area contributed by atoms with Gasteiger partial charge in [-0.2, -0.15) is 0 Å². The highest BCUT2D eigenvalue weighted by atomic mass is 16.6. The highest BCUT2D eigenvalue weighted by Crippen LogP contribution is 2.26. The lowest BCUT2D eigenvalue weighted by molar-refractivity contribution is -0.204. The van der Waals surface area contributed by atoms with Gasteiger partial charge in [0.2, 0.25) is 11.7 Å². The summed E-state index contributed by atoms with van der Waals surface area (Å²) in [5, 5.41) is 11.9. The fourth-order valence-corrected chi connectivity index (χ4v) is 5.75. The minimum Gasteiger partial charge on any atom is -0.461 e. The molecule has 0 bridgehead atoms. The van der Waals surface area contributed by atoms with E-state index in [0.29, 0.717) is 23.1 Å². The van der Waals surface area contributed by atoms with Crippen molar-refractivity contribution in [3.05, 3.63) is 108 Å². The van der Waals surface area contributed by atoms with E-state index in [0.717, 1.165) is 25.7 Å². The fourth-order valence-electron chi connectivity index (χ4n) is 5.75. The molecule has 0 saturated heterocycles. The first-order valence-electron chi connectivity index (χ1n) is 18.8. The maximum atomic E-state index is 13.7. The predicted octanol–water partition coefficient (Wildman–Crippen LogP) is 8.73. The second-order valence-electron chi connectivity index (χ2n) is 13.3. The molecule has 0 aliphatic carbocycles. The number of carbonyl (C=O) groups excluding carboxylic acids is 4. The first-order valence-corrected chi connectivity index (χ1v) is 18.8. The van der Waals surface area contributed by atoms with Gasteiger partial charge in [0.25, 0.3) is 0 Å². The van der Waals surface area contributed by atoms with E-state index in [-0.39, 0.29) is 26.2 Å². The van der Waals surface area contributed by atoms with Crippen molar-refractivity contribution in [2.45, 2.75) is 135 Å². The molecule has 0 heterocycles. The van der Waals surface area contributed by atoms with Crippen molar-refractivity contribution >= 4 is 23.9 Å². The minimum absolute atomic E-state index is 0.0478. The van der Waals surface area contributed by atoms with Crippen molar-refractivity contribution in [3.63, 3.8) is 0 Å². The van der Waals surface area contributed by atoms with Crippen LogP contribution < -0.4 is 0 Å². The predicted molar refractivity (Wildman–Crippen MR) is 198 cm³/mol. The number of hydrogen-bond acceptors (Lipinski definition) is 9. The Morgan fingerprint density at radius 3 is 1.40 bits per heavy atom. The molecule has 1 N–H and O–H groups in total. The Labute approximate surface area is 309 Å². The highest BCUT2D eigenvalue weighted by Gasteiger charge is 2.55. The van der Waals surface area contributed by atoms with Gasteiger partial charge in [0.1, 0.15) is 19.8 Å². The van der Waals surface area contributed by atoms with Gasteiger partial charge in [-0.05, 0) is 23.1 Å². The van der Waals surface area contributed by atoms with Gasteiger partial charge in [0.05, 0.1) is 6.42 Å². The van der Waals surface area contributed by atoms with Crippen molar-refractivity contribution in [1.29, 1.82) is 0 Å². The molecule has 3 aromatic carbocycles. The zero-order chi connectivity index (χ0) is 37.3. The molecule has 0 amide bonds. The number of rotatable bonds is 26. The SMILES string of the molecule is CCCCCCCCCCCCCCCC(=O)OC(C(=O)OCc1ccccc1)C(O)(CC(=O)OCc1ccccc1)C(=O)OCc1ccccc1. The quantitative estimate of drug-likeness (QED) is 0.0493. The largest absolute Gasteiger partial charge is 0.461 e. The minimum atomic E-state index is -2.94. The molecular formula is C43H56O9. The summed E-state index contributed by atoms with van der Waals surface area (Å²) in [6.45, 7) is 1.60. The Kier molecular flexibility index (Phi) is 19.9. The van der Waals surface area contributed by atoms with Gasteiger partial charge in [-0.1, -0.05) is 175 Å². The molecule has 2 atom stereocenters. The van der Waals surface area contributed by atoms with Crippen LogP contribution in [0.25, 0.3) is 0 Å². The van der Waals surface area contributed by atoms with E-state index in [1.807, 2.05) is 6.07 Å². The van der Waals surface area contributed by atoms with E-state index in [2.05, 4.69) is 6.92 Å². The van der Waals surface area contributed by atoms with Gasteiger partial charge >= 0.3 is 23.9 Å². The standard InChI is InChI=1S/C43H56O9/c1-2-3-4-5-6-7-8-9-10-11-12-13-23-30-38(44)52-40(41(46)50-33-36-26-19-15-20-27-36)43(48,42(47)51-34-37-28-21-16-22-29-37)31-39(45)49-32-35-24-17-14-18-25-35/h14-22,24-29,40,48H,2-13,23,30-34H2,1H3. The molecule has 3 rings (SSSR count). The fraction of sp³-hybridized carbons (Fsp3) is 0.488.